The Bertz CT molecular complexity index is 267. The van der Waals surface area contributed by atoms with E-state index in [1.807, 2.05) is 0 Å². The van der Waals surface area contributed by atoms with Crippen molar-refractivity contribution in [3.8, 4) is 0 Å². The normalized spacial score (nSPS) is 14.3. The minimum Gasteiger partial charge on any atom is -0.301 e. The van der Waals surface area contributed by atoms with E-state index >= 15 is 0 Å². The molecule has 0 aromatic rings. The molecule has 0 amide bonds. The van der Waals surface area contributed by atoms with Crippen molar-refractivity contribution in [1.29, 1.82) is 0 Å². The summed E-state index contributed by atoms with van der Waals surface area (Å²) in [5.74, 6) is 0.0770. The van der Waals surface area contributed by atoms with Crippen molar-refractivity contribution in [2.75, 3.05) is 18.8 Å². The lowest BCUT2D eigenvalue weighted by atomic mass is 10.2. The summed E-state index contributed by atoms with van der Waals surface area (Å²) in [6.45, 7) is 8.37. The van der Waals surface area contributed by atoms with Crippen molar-refractivity contribution in [2.45, 2.75) is 52.5 Å². The van der Waals surface area contributed by atoms with E-state index in [0.717, 1.165) is 25.9 Å². The van der Waals surface area contributed by atoms with Crippen LogP contribution >= 0.6 is 10.7 Å². The highest BCUT2D eigenvalue weighted by atomic mass is 35.7. The maximum atomic E-state index is 10.8. The van der Waals surface area contributed by atoms with Gasteiger partial charge in [-0.3, -0.25) is 0 Å². The van der Waals surface area contributed by atoms with Crippen LogP contribution in [0.3, 0.4) is 0 Å². The number of halogens is 1. The Morgan fingerprint density at radius 2 is 1.75 bits per heavy atom. The van der Waals surface area contributed by atoms with Gasteiger partial charge in [-0.25, -0.2) is 8.42 Å². The topological polar surface area (TPSA) is 37.4 Å². The van der Waals surface area contributed by atoms with E-state index in [1.54, 1.807) is 0 Å². The largest absolute Gasteiger partial charge is 0.301 e. The third-order valence-corrected chi connectivity index (χ3v) is 4.09. The van der Waals surface area contributed by atoms with E-state index in [2.05, 4.69) is 25.7 Å². The molecule has 0 rings (SSSR count). The van der Waals surface area contributed by atoms with Crippen molar-refractivity contribution in [3.63, 3.8) is 0 Å². The van der Waals surface area contributed by atoms with Gasteiger partial charge in [0.2, 0.25) is 9.05 Å². The predicted octanol–water partition coefficient (Wildman–Crippen LogP) is 2.85. The van der Waals surface area contributed by atoms with Crippen LogP contribution in [-0.2, 0) is 9.05 Å². The molecule has 0 saturated carbocycles. The molecular formula is C11H24ClNO2S. The molecular weight excluding hydrogens is 246 g/mol. The van der Waals surface area contributed by atoms with Gasteiger partial charge < -0.3 is 4.90 Å². The Balaban J connectivity index is 4.01. The molecule has 0 aliphatic rings. The molecule has 0 spiro atoms. The number of rotatable bonds is 9. The molecule has 0 aliphatic carbocycles. The molecule has 3 nitrogen and oxygen atoms in total. The lowest BCUT2D eigenvalue weighted by Crippen LogP contribution is -2.35. The minimum absolute atomic E-state index is 0.0770. The molecule has 0 bridgehead atoms. The van der Waals surface area contributed by atoms with Gasteiger partial charge in [-0.2, -0.15) is 0 Å². The van der Waals surface area contributed by atoms with Gasteiger partial charge in [0.1, 0.15) is 0 Å². The van der Waals surface area contributed by atoms with Crippen LogP contribution in [0.2, 0.25) is 0 Å². The summed E-state index contributed by atoms with van der Waals surface area (Å²) in [6, 6.07) is 0.518. The standard InChI is InChI=1S/C11H24ClNO2S/c1-4-6-8-13(11(3)5-2)9-7-10-16(12,14)15/h11H,4-10H2,1-3H3. The first-order chi connectivity index (χ1) is 7.40. The molecule has 98 valence electrons. The van der Waals surface area contributed by atoms with Crippen LogP contribution in [0.4, 0.5) is 0 Å². The average Bonchev–Trinajstić information content (AvgIpc) is 2.20. The quantitative estimate of drug-likeness (QED) is 0.604. The smallest absolute Gasteiger partial charge is 0.232 e. The first kappa shape index (κ1) is 16.2. The molecule has 1 atom stereocenters. The van der Waals surface area contributed by atoms with Crippen molar-refractivity contribution in [2.24, 2.45) is 0 Å². The lowest BCUT2D eigenvalue weighted by Gasteiger charge is -2.28. The second-order valence-electron chi connectivity index (χ2n) is 4.24. The maximum absolute atomic E-state index is 10.8. The second kappa shape index (κ2) is 8.31. The third-order valence-electron chi connectivity index (χ3n) is 2.85. The molecule has 0 saturated heterocycles. The van der Waals surface area contributed by atoms with Crippen LogP contribution < -0.4 is 0 Å². The van der Waals surface area contributed by atoms with Gasteiger partial charge in [0.25, 0.3) is 0 Å². The molecule has 1 unspecified atom stereocenters. The van der Waals surface area contributed by atoms with Crippen molar-refractivity contribution in [1.82, 2.24) is 4.90 Å². The predicted molar refractivity (Wildman–Crippen MR) is 70.5 cm³/mol. The highest BCUT2D eigenvalue weighted by Crippen LogP contribution is 2.08. The fraction of sp³-hybridized carbons (Fsp3) is 1.00. The Morgan fingerprint density at radius 3 is 2.19 bits per heavy atom. The third kappa shape index (κ3) is 8.36. The van der Waals surface area contributed by atoms with Gasteiger partial charge in [-0.05, 0) is 39.3 Å². The summed E-state index contributed by atoms with van der Waals surface area (Å²) in [6.07, 6.45) is 4.05. The van der Waals surface area contributed by atoms with E-state index in [4.69, 9.17) is 10.7 Å². The number of hydrogen-bond acceptors (Lipinski definition) is 3. The second-order valence-corrected chi connectivity index (χ2v) is 7.14. The minimum atomic E-state index is -3.33. The highest BCUT2D eigenvalue weighted by Gasteiger charge is 2.12. The fourth-order valence-corrected chi connectivity index (χ4v) is 2.41. The highest BCUT2D eigenvalue weighted by molar-refractivity contribution is 8.13. The van der Waals surface area contributed by atoms with Crippen LogP contribution in [-0.4, -0.2) is 38.2 Å². The summed E-state index contributed by atoms with van der Waals surface area (Å²) < 4.78 is 21.6. The summed E-state index contributed by atoms with van der Waals surface area (Å²) in [5.41, 5.74) is 0. The Kier molecular flexibility index (Phi) is 8.42. The van der Waals surface area contributed by atoms with E-state index in [1.165, 1.54) is 6.42 Å². The molecule has 0 radical (unpaired) electrons. The van der Waals surface area contributed by atoms with Gasteiger partial charge in [0.15, 0.2) is 0 Å². The van der Waals surface area contributed by atoms with E-state index in [-0.39, 0.29) is 5.75 Å². The Morgan fingerprint density at radius 1 is 1.19 bits per heavy atom. The monoisotopic (exact) mass is 269 g/mol. The zero-order valence-corrected chi connectivity index (χ0v) is 12.1. The molecule has 16 heavy (non-hydrogen) atoms. The zero-order valence-electron chi connectivity index (χ0n) is 10.6. The fourth-order valence-electron chi connectivity index (χ4n) is 1.61. The van der Waals surface area contributed by atoms with Crippen LogP contribution in [0.1, 0.15) is 46.5 Å². The van der Waals surface area contributed by atoms with Gasteiger partial charge in [-0.1, -0.05) is 20.3 Å². The molecule has 0 aromatic carbocycles. The maximum Gasteiger partial charge on any atom is 0.232 e. The van der Waals surface area contributed by atoms with Crippen LogP contribution in [0.25, 0.3) is 0 Å². The summed E-state index contributed by atoms with van der Waals surface area (Å²) in [4.78, 5) is 2.35. The Labute approximate surface area is 105 Å². The lowest BCUT2D eigenvalue weighted by molar-refractivity contribution is 0.201. The first-order valence-electron chi connectivity index (χ1n) is 6.07. The van der Waals surface area contributed by atoms with Crippen molar-refractivity contribution in [3.05, 3.63) is 0 Å². The molecule has 0 fully saturated rings. The van der Waals surface area contributed by atoms with Crippen molar-refractivity contribution >= 4 is 19.7 Å². The van der Waals surface area contributed by atoms with Crippen molar-refractivity contribution < 1.29 is 8.42 Å². The molecule has 5 heteroatoms. The SMILES string of the molecule is CCCCN(CCCS(=O)(=O)Cl)C(C)CC. The average molecular weight is 270 g/mol. The summed E-state index contributed by atoms with van der Waals surface area (Å²) in [5, 5.41) is 0. The van der Waals surface area contributed by atoms with Gasteiger partial charge >= 0.3 is 0 Å². The molecule has 0 aliphatic heterocycles. The van der Waals surface area contributed by atoms with E-state index in [0.29, 0.717) is 12.5 Å². The zero-order chi connectivity index (χ0) is 12.6. The van der Waals surface area contributed by atoms with Gasteiger partial charge in [-0.15, -0.1) is 0 Å². The van der Waals surface area contributed by atoms with Crippen LogP contribution in [0, 0.1) is 0 Å². The van der Waals surface area contributed by atoms with Crippen LogP contribution in [0.15, 0.2) is 0 Å². The number of unbranched alkanes of at least 4 members (excludes halogenated alkanes) is 1. The first-order valence-corrected chi connectivity index (χ1v) is 8.55. The summed E-state index contributed by atoms with van der Waals surface area (Å²) >= 11 is 0. The molecule has 0 aromatic heterocycles. The Hall–Kier alpha value is 0.200. The number of nitrogens with zero attached hydrogens (tertiary/aromatic N) is 1. The van der Waals surface area contributed by atoms with E-state index < -0.39 is 9.05 Å². The number of hydrogen-bond donors (Lipinski definition) is 0. The molecule has 0 N–H and O–H groups in total. The summed E-state index contributed by atoms with van der Waals surface area (Å²) in [7, 11) is 1.86. The van der Waals surface area contributed by atoms with E-state index in [9.17, 15) is 8.42 Å². The van der Waals surface area contributed by atoms with Gasteiger partial charge in [0, 0.05) is 16.7 Å². The van der Waals surface area contributed by atoms with Crippen LogP contribution in [0.5, 0.6) is 0 Å². The van der Waals surface area contributed by atoms with Gasteiger partial charge in [0.05, 0.1) is 5.75 Å². The molecule has 0 heterocycles.